The zero-order valence-electron chi connectivity index (χ0n) is 14.7. The fourth-order valence-corrected chi connectivity index (χ4v) is 2.27. The number of hydrogen-bond donors (Lipinski definition) is 1. The lowest BCUT2D eigenvalue weighted by Gasteiger charge is -2.08. The molecule has 3 aromatic carbocycles. The summed E-state index contributed by atoms with van der Waals surface area (Å²) in [6, 6.07) is 26.6. The average molecular weight is 360 g/mol. The number of carbonyl (C=O) groups is 1. The van der Waals surface area contributed by atoms with Gasteiger partial charge in [-0.3, -0.25) is 4.79 Å². The van der Waals surface area contributed by atoms with Gasteiger partial charge in [-0.15, -0.1) is 0 Å². The monoisotopic (exact) mass is 360 g/mol. The van der Waals surface area contributed by atoms with Crippen LogP contribution in [-0.2, 0) is 11.4 Å². The largest absolute Gasteiger partial charge is 0.489 e. The Bertz CT molecular complexity index is 863. The predicted octanol–water partition coefficient (Wildman–Crippen LogP) is 3.79. The third-order valence-electron chi connectivity index (χ3n) is 3.64. The van der Waals surface area contributed by atoms with Crippen molar-refractivity contribution in [3.8, 4) is 11.5 Å². The zero-order chi connectivity index (χ0) is 18.7. The SMILES string of the molecule is O=C(COc1ccc(OCc2ccccc2)cc1)N/N=C\c1ccccc1. The summed E-state index contributed by atoms with van der Waals surface area (Å²) in [5, 5.41) is 3.90. The van der Waals surface area contributed by atoms with Crippen LogP contribution in [-0.4, -0.2) is 18.7 Å². The van der Waals surface area contributed by atoms with E-state index in [2.05, 4.69) is 10.5 Å². The van der Waals surface area contributed by atoms with Crippen molar-refractivity contribution < 1.29 is 14.3 Å². The first-order valence-electron chi connectivity index (χ1n) is 8.56. The van der Waals surface area contributed by atoms with Crippen LogP contribution < -0.4 is 14.9 Å². The molecule has 3 rings (SSSR count). The normalized spacial score (nSPS) is 10.5. The molecule has 27 heavy (non-hydrogen) atoms. The van der Waals surface area contributed by atoms with E-state index in [0.717, 1.165) is 16.9 Å². The lowest BCUT2D eigenvalue weighted by Crippen LogP contribution is -2.24. The second-order valence-corrected chi connectivity index (χ2v) is 5.74. The fraction of sp³-hybridized carbons (Fsp3) is 0.0909. The van der Waals surface area contributed by atoms with Crippen molar-refractivity contribution in [2.75, 3.05) is 6.61 Å². The Morgan fingerprint density at radius 1 is 0.815 bits per heavy atom. The summed E-state index contributed by atoms with van der Waals surface area (Å²) in [6.07, 6.45) is 1.58. The van der Waals surface area contributed by atoms with Gasteiger partial charge in [-0.05, 0) is 35.4 Å². The number of nitrogens with zero attached hydrogens (tertiary/aromatic N) is 1. The number of nitrogens with one attached hydrogen (secondary N) is 1. The van der Waals surface area contributed by atoms with Gasteiger partial charge in [-0.2, -0.15) is 5.10 Å². The highest BCUT2D eigenvalue weighted by atomic mass is 16.5. The molecule has 5 nitrogen and oxygen atoms in total. The maximum Gasteiger partial charge on any atom is 0.277 e. The maximum atomic E-state index is 11.8. The lowest BCUT2D eigenvalue weighted by atomic mass is 10.2. The molecular weight excluding hydrogens is 340 g/mol. The summed E-state index contributed by atoms with van der Waals surface area (Å²) in [5.41, 5.74) is 4.44. The van der Waals surface area contributed by atoms with Crippen LogP contribution in [0.3, 0.4) is 0 Å². The Hall–Kier alpha value is -3.60. The summed E-state index contributed by atoms with van der Waals surface area (Å²) in [5.74, 6) is 0.999. The molecular formula is C22H20N2O3. The molecule has 0 saturated heterocycles. The van der Waals surface area contributed by atoms with Gasteiger partial charge >= 0.3 is 0 Å². The second kappa shape index (κ2) is 9.77. The molecule has 0 unspecified atom stereocenters. The fourth-order valence-electron chi connectivity index (χ4n) is 2.27. The zero-order valence-corrected chi connectivity index (χ0v) is 14.7. The number of hydrogen-bond acceptors (Lipinski definition) is 4. The van der Waals surface area contributed by atoms with Crippen LogP contribution >= 0.6 is 0 Å². The van der Waals surface area contributed by atoms with Gasteiger partial charge in [0.05, 0.1) is 6.21 Å². The lowest BCUT2D eigenvalue weighted by molar-refractivity contribution is -0.123. The minimum Gasteiger partial charge on any atom is -0.489 e. The van der Waals surface area contributed by atoms with E-state index in [1.165, 1.54) is 0 Å². The molecule has 0 fully saturated rings. The third-order valence-corrected chi connectivity index (χ3v) is 3.64. The molecule has 0 atom stereocenters. The summed E-state index contributed by atoms with van der Waals surface area (Å²) in [6.45, 7) is 0.388. The first-order chi connectivity index (χ1) is 13.3. The molecule has 0 heterocycles. The molecule has 0 aliphatic rings. The molecule has 1 amide bonds. The van der Waals surface area contributed by atoms with E-state index >= 15 is 0 Å². The highest BCUT2D eigenvalue weighted by Crippen LogP contribution is 2.18. The average Bonchev–Trinajstić information content (AvgIpc) is 2.73. The van der Waals surface area contributed by atoms with Crippen molar-refractivity contribution in [2.45, 2.75) is 6.61 Å². The van der Waals surface area contributed by atoms with Gasteiger partial charge in [0.15, 0.2) is 6.61 Å². The first kappa shape index (κ1) is 18.2. The maximum absolute atomic E-state index is 11.8. The van der Waals surface area contributed by atoms with Crippen LogP contribution in [0.15, 0.2) is 90.0 Å². The number of amides is 1. The summed E-state index contributed by atoms with van der Waals surface area (Å²) < 4.78 is 11.2. The first-order valence-corrected chi connectivity index (χ1v) is 8.56. The van der Waals surface area contributed by atoms with Gasteiger partial charge in [0.25, 0.3) is 5.91 Å². The number of rotatable bonds is 8. The van der Waals surface area contributed by atoms with Crippen molar-refractivity contribution in [1.29, 1.82) is 0 Å². The van der Waals surface area contributed by atoms with E-state index in [4.69, 9.17) is 9.47 Å². The van der Waals surface area contributed by atoms with E-state index in [0.29, 0.717) is 12.4 Å². The molecule has 0 aromatic heterocycles. The number of carbonyl (C=O) groups excluding carboxylic acids is 1. The van der Waals surface area contributed by atoms with E-state index in [1.54, 1.807) is 18.3 Å². The minimum absolute atomic E-state index is 0.115. The summed E-state index contributed by atoms with van der Waals surface area (Å²) in [7, 11) is 0. The van der Waals surface area contributed by atoms with Crippen LogP contribution in [0.5, 0.6) is 11.5 Å². The Kier molecular flexibility index (Phi) is 6.59. The quantitative estimate of drug-likeness (QED) is 0.491. The highest BCUT2D eigenvalue weighted by Gasteiger charge is 2.02. The highest BCUT2D eigenvalue weighted by molar-refractivity contribution is 5.82. The molecule has 5 heteroatoms. The molecule has 0 aliphatic carbocycles. The van der Waals surface area contributed by atoms with Crippen LogP contribution in [0, 0.1) is 0 Å². The summed E-state index contributed by atoms with van der Waals surface area (Å²) in [4.78, 5) is 11.8. The molecule has 136 valence electrons. The topological polar surface area (TPSA) is 59.9 Å². The molecule has 1 N–H and O–H groups in total. The van der Waals surface area contributed by atoms with Crippen LogP contribution in [0.1, 0.15) is 11.1 Å². The van der Waals surface area contributed by atoms with Gasteiger partial charge in [-0.25, -0.2) is 5.43 Å². The van der Waals surface area contributed by atoms with Crippen LogP contribution in [0.25, 0.3) is 0 Å². The van der Waals surface area contributed by atoms with E-state index in [9.17, 15) is 4.79 Å². The van der Waals surface area contributed by atoms with Crippen molar-refractivity contribution in [3.05, 3.63) is 96.1 Å². The van der Waals surface area contributed by atoms with Crippen molar-refractivity contribution in [1.82, 2.24) is 5.43 Å². The van der Waals surface area contributed by atoms with E-state index in [1.807, 2.05) is 72.8 Å². The molecule has 3 aromatic rings. The van der Waals surface area contributed by atoms with Crippen molar-refractivity contribution >= 4 is 12.1 Å². The van der Waals surface area contributed by atoms with Gasteiger partial charge < -0.3 is 9.47 Å². The molecule has 0 bridgehead atoms. The standard InChI is InChI=1S/C22H20N2O3/c25-22(24-23-15-18-7-3-1-4-8-18)17-27-21-13-11-20(12-14-21)26-16-19-9-5-2-6-10-19/h1-15H,16-17H2,(H,24,25)/b23-15-. The Labute approximate surface area is 158 Å². The molecule has 0 saturated carbocycles. The number of benzene rings is 3. The Balaban J connectivity index is 1.40. The van der Waals surface area contributed by atoms with Gasteiger partial charge in [0, 0.05) is 0 Å². The van der Waals surface area contributed by atoms with E-state index < -0.39 is 0 Å². The predicted molar refractivity (Wildman–Crippen MR) is 105 cm³/mol. The number of hydrazone groups is 1. The smallest absolute Gasteiger partial charge is 0.277 e. The third kappa shape index (κ3) is 6.32. The van der Waals surface area contributed by atoms with Gasteiger partial charge in [-0.1, -0.05) is 60.7 Å². The second-order valence-electron chi connectivity index (χ2n) is 5.74. The Morgan fingerprint density at radius 3 is 2.07 bits per heavy atom. The van der Waals surface area contributed by atoms with Crippen molar-refractivity contribution in [2.24, 2.45) is 5.10 Å². The molecule has 0 radical (unpaired) electrons. The van der Waals surface area contributed by atoms with Gasteiger partial charge in [0.1, 0.15) is 18.1 Å². The van der Waals surface area contributed by atoms with Crippen molar-refractivity contribution in [3.63, 3.8) is 0 Å². The van der Waals surface area contributed by atoms with Crippen LogP contribution in [0.4, 0.5) is 0 Å². The van der Waals surface area contributed by atoms with Gasteiger partial charge in [0.2, 0.25) is 0 Å². The number of ether oxygens (including phenoxy) is 2. The summed E-state index contributed by atoms with van der Waals surface area (Å²) >= 11 is 0. The minimum atomic E-state index is -0.327. The van der Waals surface area contributed by atoms with Crippen LogP contribution in [0.2, 0.25) is 0 Å². The van der Waals surface area contributed by atoms with E-state index in [-0.39, 0.29) is 12.5 Å². The molecule has 0 aliphatic heterocycles. The molecule has 0 spiro atoms. The Morgan fingerprint density at radius 2 is 1.41 bits per heavy atom.